The zero-order chi connectivity index (χ0) is 11.5. The van der Waals surface area contributed by atoms with Gasteiger partial charge < -0.3 is 15.5 Å². The Morgan fingerprint density at radius 3 is 2.88 bits per heavy atom. The molecular weight excluding hydrogens is 204 g/mol. The summed E-state index contributed by atoms with van der Waals surface area (Å²) < 4.78 is 4.98. The quantitative estimate of drug-likeness (QED) is 0.822. The van der Waals surface area contributed by atoms with Crippen LogP contribution in [0, 0.1) is 13.8 Å². The van der Waals surface area contributed by atoms with Crippen molar-refractivity contribution in [1.82, 2.24) is 9.97 Å². The number of nitrogens with two attached hydrogens (primary N) is 1. The third-order valence-electron chi connectivity index (χ3n) is 2.34. The van der Waals surface area contributed by atoms with Crippen molar-refractivity contribution in [2.24, 2.45) is 0 Å². The first-order valence-corrected chi connectivity index (χ1v) is 5.02. The van der Waals surface area contributed by atoms with E-state index in [0.29, 0.717) is 18.2 Å². The molecule has 2 aromatic rings. The summed E-state index contributed by atoms with van der Waals surface area (Å²) in [6.07, 6.45) is 3.34. The van der Waals surface area contributed by atoms with E-state index in [0.717, 1.165) is 16.9 Å². The SMILES string of the molecule is Cc1nc(N)c(C)c(NCc2ccoc2)n1. The van der Waals surface area contributed by atoms with Gasteiger partial charge in [-0.25, -0.2) is 9.97 Å². The normalized spacial score (nSPS) is 10.4. The monoisotopic (exact) mass is 218 g/mol. The Morgan fingerprint density at radius 2 is 2.19 bits per heavy atom. The van der Waals surface area contributed by atoms with Crippen LogP contribution >= 0.6 is 0 Å². The number of rotatable bonds is 3. The lowest BCUT2D eigenvalue weighted by Crippen LogP contribution is -2.07. The van der Waals surface area contributed by atoms with Gasteiger partial charge in [0.05, 0.1) is 12.5 Å². The van der Waals surface area contributed by atoms with Crippen LogP contribution in [0.1, 0.15) is 17.0 Å². The van der Waals surface area contributed by atoms with Gasteiger partial charge in [-0.15, -0.1) is 0 Å². The number of furan rings is 1. The Balaban J connectivity index is 2.15. The van der Waals surface area contributed by atoms with E-state index in [9.17, 15) is 0 Å². The Hall–Kier alpha value is -2.04. The van der Waals surface area contributed by atoms with E-state index < -0.39 is 0 Å². The van der Waals surface area contributed by atoms with Crippen LogP contribution in [-0.4, -0.2) is 9.97 Å². The van der Waals surface area contributed by atoms with E-state index in [1.807, 2.05) is 19.9 Å². The highest BCUT2D eigenvalue weighted by atomic mass is 16.3. The molecule has 0 amide bonds. The van der Waals surface area contributed by atoms with Crippen molar-refractivity contribution >= 4 is 11.6 Å². The Bertz CT molecular complexity index is 479. The fourth-order valence-corrected chi connectivity index (χ4v) is 1.40. The second-order valence-electron chi connectivity index (χ2n) is 3.61. The Kier molecular flexibility index (Phi) is 2.76. The predicted molar refractivity (Wildman–Crippen MR) is 62.0 cm³/mol. The van der Waals surface area contributed by atoms with Gasteiger partial charge in [0.25, 0.3) is 0 Å². The lowest BCUT2D eigenvalue weighted by molar-refractivity contribution is 0.564. The van der Waals surface area contributed by atoms with Crippen LogP contribution in [0.3, 0.4) is 0 Å². The average Bonchev–Trinajstić information content (AvgIpc) is 2.74. The number of nitrogens with one attached hydrogen (secondary N) is 1. The van der Waals surface area contributed by atoms with E-state index in [-0.39, 0.29) is 0 Å². The van der Waals surface area contributed by atoms with Crippen LogP contribution in [0.4, 0.5) is 11.6 Å². The van der Waals surface area contributed by atoms with E-state index in [2.05, 4.69) is 15.3 Å². The van der Waals surface area contributed by atoms with Gasteiger partial charge in [-0.1, -0.05) is 0 Å². The second kappa shape index (κ2) is 4.22. The Labute approximate surface area is 93.7 Å². The van der Waals surface area contributed by atoms with Gasteiger partial charge in [0.1, 0.15) is 17.5 Å². The van der Waals surface area contributed by atoms with Gasteiger partial charge in [-0.05, 0) is 19.9 Å². The third kappa shape index (κ3) is 2.13. The van der Waals surface area contributed by atoms with Crippen molar-refractivity contribution in [3.8, 4) is 0 Å². The number of nitrogens with zero attached hydrogens (tertiary/aromatic N) is 2. The lowest BCUT2D eigenvalue weighted by Gasteiger charge is -2.09. The molecule has 5 nitrogen and oxygen atoms in total. The molecule has 0 spiro atoms. The molecular formula is C11H14N4O. The number of anilines is 2. The minimum atomic E-state index is 0.516. The van der Waals surface area contributed by atoms with E-state index in [4.69, 9.17) is 10.2 Å². The summed E-state index contributed by atoms with van der Waals surface area (Å²) in [6, 6.07) is 1.90. The molecule has 2 heterocycles. The summed E-state index contributed by atoms with van der Waals surface area (Å²) in [5, 5.41) is 3.21. The van der Waals surface area contributed by atoms with Gasteiger partial charge in [0, 0.05) is 17.7 Å². The highest BCUT2D eigenvalue weighted by Gasteiger charge is 2.06. The summed E-state index contributed by atoms with van der Waals surface area (Å²) in [6.45, 7) is 4.37. The molecule has 0 aliphatic carbocycles. The maximum Gasteiger partial charge on any atom is 0.135 e. The number of aryl methyl sites for hydroxylation is 1. The number of aromatic nitrogens is 2. The number of nitrogen functional groups attached to an aromatic ring is 1. The van der Waals surface area contributed by atoms with Gasteiger partial charge in [0.2, 0.25) is 0 Å². The summed E-state index contributed by atoms with van der Waals surface area (Å²) in [5.41, 5.74) is 7.69. The third-order valence-corrected chi connectivity index (χ3v) is 2.34. The van der Waals surface area contributed by atoms with Crippen molar-refractivity contribution in [2.45, 2.75) is 20.4 Å². The van der Waals surface area contributed by atoms with Crippen molar-refractivity contribution < 1.29 is 4.42 Å². The van der Waals surface area contributed by atoms with Gasteiger partial charge >= 0.3 is 0 Å². The zero-order valence-electron chi connectivity index (χ0n) is 9.32. The molecule has 2 aromatic heterocycles. The van der Waals surface area contributed by atoms with Crippen molar-refractivity contribution in [3.05, 3.63) is 35.5 Å². The van der Waals surface area contributed by atoms with Crippen LogP contribution in [0.2, 0.25) is 0 Å². The maximum absolute atomic E-state index is 5.76. The highest BCUT2D eigenvalue weighted by Crippen LogP contribution is 2.17. The van der Waals surface area contributed by atoms with Crippen LogP contribution in [0.25, 0.3) is 0 Å². The molecule has 0 bridgehead atoms. The molecule has 16 heavy (non-hydrogen) atoms. The van der Waals surface area contributed by atoms with E-state index in [1.165, 1.54) is 0 Å². The van der Waals surface area contributed by atoms with Crippen molar-refractivity contribution in [2.75, 3.05) is 11.1 Å². The molecule has 84 valence electrons. The minimum absolute atomic E-state index is 0.516. The maximum atomic E-state index is 5.76. The van der Waals surface area contributed by atoms with Crippen LogP contribution < -0.4 is 11.1 Å². The summed E-state index contributed by atoms with van der Waals surface area (Å²) in [4.78, 5) is 8.39. The molecule has 3 N–H and O–H groups in total. The highest BCUT2D eigenvalue weighted by molar-refractivity contribution is 5.54. The van der Waals surface area contributed by atoms with E-state index >= 15 is 0 Å². The largest absolute Gasteiger partial charge is 0.472 e. The summed E-state index contributed by atoms with van der Waals surface area (Å²) >= 11 is 0. The van der Waals surface area contributed by atoms with Gasteiger partial charge in [-0.3, -0.25) is 0 Å². The van der Waals surface area contributed by atoms with Crippen LogP contribution in [-0.2, 0) is 6.54 Å². The summed E-state index contributed by atoms with van der Waals surface area (Å²) in [7, 11) is 0. The molecule has 0 saturated carbocycles. The minimum Gasteiger partial charge on any atom is -0.472 e. The molecule has 0 saturated heterocycles. The summed E-state index contributed by atoms with van der Waals surface area (Å²) in [5.74, 6) is 1.95. The molecule has 2 rings (SSSR count). The molecule has 5 heteroatoms. The first-order chi connectivity index (χ1) is 7.66. The second-order valence-corrected chi connectivity index (χ2v) is 3.61. The van der Waals surface area contributed by atoms with Gasteiger partial charge in [0.15, 0.2) is 0 Å². The topological polar surface area (TPSA) is 77.0 Å². The van der Waals surface area contributed by atoms with Crippen molar-refractivity contribution in [3.63, 3.8) is 0 Å². The molecule has 0 fully saturated rings. The standard InChI is InChI=1S/C11H14N4O/c1-7-10(12)14-8(2)15-11(7)13-5-9-3-4-16-6-9/h3-4,6H,5H2,1-2H3,(H3,12,13,14,15). The fraction of sp³-hybridized carbons (Fsp3) is 0.273. The molecule has 0 aromatic carbocycles. The van der Waals surface area contributed by atoms with E-state index in [1.54, 1.807) is 12.5 Å². The van der Waals surface area contributed by atoms with Crippen molar-refractivity contribution in [1.29, 1.82) is 0 Å². The van der Waals surface area contributed by atoms with Crippen LogP contribution in [0.15, 0.2) is 23.0 Å². The molecule has 0 aliphatic heterocycles. The predicted octanol–water partition coefficient (Wildman–Crippen LogP) is 1.88. The van der Waals surface area contributed by atoms with Gasteiger partial charge in [-0.2, -0.15) is 0 Å². The Morgan fingerprint density at radius 1 is 1.38 bits per heavy atom. The lowest BCUT2D eigenvalue weighted by atomic mass is 10.3. The smallest absolute Gasteiger partial charge is 0.135 e. The molecule has 0 unspecified atom stereocenters. The fourth-order valence-electron chi connectivity index (χ4n) is 1.40. The number of hydrogen-bond donors (Lipinski definition) is 2. The average molecular weight is 218 g/mol. The number of hydrogen-bond acceptors (Lipinski definition) is 5. The molecule has 0 radical (unpaired) electrons. The molecule has 0 aliphatic rings. The molecule has 0 atom stereocenters. The zero-order valence-corrected chi connectivity index (χ0v) is 9.32. The van der Waals surface area contributed by atoms with Crippen LogP contribution in [0.5, 0.6) is 0 Å². The first-order valence-electron chi connectivity index (χ1n) is 5.02. The first kappa shape index (κ1) is 10.5.